The molecule has 168 valence electrons. The van der Waals surface area contributed by atoms with Crippen molar-refractivity contribution in [1.29, 1.82) is 0 Å². The molecule has 5 rings (SSSR count). The molecule has 1 amide bonds. The van der Waals surface area contributed by atoms with Crippen LogP contribution in [-0.4, -0.2) is 48.1 Å². The second kappa shape index (κ2) is 10.1. The van der Waals surface area contributed by atoms with E-state index in [2.05, 4.69) is 64.8 Å². The maximum Gasteiger partial charge on any atom is 0.257 e. The summed E-state index contributed by atoms with van der Waals surface area (Å²) >= 11 is 0. The predicted octanol–water partition coefficient (Wildman–Crippen LogP) is 5.50. The molecule has 1 atom stereocenters. The number of hydrogen-bond acceptors (Lipinski definition) is 3. The van der Waals surface area contributed by atoms with Crippen molar-refractivity contribution in [2.75, 3.05) is 31.5 Å². The molecule has 33 heavy (non-hydrogen) atoms. The molecular weight excluding hydrogens is 406 g/mol. The van der Waals surface area contributed by atoms with E-state index in [1.807, 2.05) is 41.3 Å². The van der Waals surface area contributed by atoms with Gasteiger partial charge in [-0.05, 0) is 60.8 Å². The van der Waals surface area contributed by atoms with Crippen molar-refractivity contribution < 1.29 is 4.79 Å². The van der Waals surface area contributed by atoms with E-state index in [1.165, 1.54) is 19.3 Å². The molecule has 1 unspecified atom stereocenters. The van der Waals surface area contributed by atoms with Gasteiger partial charge in [0.1, 0.15) is 6.17 Å². The second-order valence-corrected chi connectivity index (χ2v) is 8.85. The lowest BCUT2D eigenvalue weighted by Gasteiger charge is -2.38. The Morgan fingerprint density at radius 1 is 0.788 bits per heavy atom. The van der Waals surface area contributed by atoms with Gasteiger partial charge in [0, 0.05) is 18.8 Å². The smallest absolute Gasteiger partial charge is 0.257 e. The number of carbonyl (C=O) groups excluding carboxylic acids is 1. The molecule has 1 N–H and O–H groups in total. The van der Waals surface area contributed by atoms with Crippen molar-refractivity contribution in [3.8, 4) is 0 Å². The van der Waals surface area contributed by atoms with E-state index in [0.717, 1.165) is 47.6 Å². The number of amides is 1. The van der Waals surface area contributed by atoms with E-state index in [1.54, 1.807) is 0 Å². The van der Waals surface area contributed by atoms with Gasteiger partial charge in [0.2, 0.25) is 0 Å². The third kappa shape index (κ3) is 4.86. The van der Waals surface area contributed by atoms with Gasteiger partial charge >= 0.3 is 0 Å². The zero-order valence-corrected chi connectivity index (χ0v) is 19.0. The van der Waals surface area contributed by atoms with Crippen molar-refractivity contribution in [1.82, 2.24) is 9.80 Å². The monoisotopic (exact) mass is 437 g/mol. The first kappa shape index (κ1) is 21.5. The largest absolute Gasteiger partial charge is 0.361 e. The highest BCUT2D eigenvalue weighted by Crippen LogP contribution is 2.30. The molecule has 4 heteroatoms. The molecule has 0 aromatic heterocycles. The van der Waals surface area contributed by atoms with Gasteiger partial charge in [0.15, 0.2) is 0 Å². The van der Waals surface area contributed by atoms with Gasteiger partial charge in [0.05, 0.1) is 5.56 Å². The number of piperidine rings is 1. The van der Waals surface area contributed by atoms with E-state index in [0.29, 0.717) is 6.54 Å². The molecule has 2 heterocycles. The van der Waals surface area contributed by atoms with Crippen LogP contribution in [0.2, 0.25) is 0 Å². The number of para-hydroxylation sites is 1. The average molecular weight is 438 g/mol. The highest BCUT2D eigenvalue weighted by Gasteiger charge is 2.31. The molecule has 0 aliphatic carbocycles. The number of fused-ring (bicyclic) bond motifs is 1. The number of nitrogens with zero attached hydrogens (tertiary/aromatic N) is 2. The van der Waals surface area contributed by atoms with Crippen molar-refractivity contribution in [3.05, 3.63) is 108 Å². The first-order valence-electron chi connectivity index (χ1n) is 12.0. The van der Waals surface area contributed by atoms with Crippen LogP contribution in [0.5, 0.6) is 0 Å². The third-order valence-electron chi connectivity index (χ3n) is 6.66. The van der Waals surface area contributed by atoms with Gasteiger partial charge in [-0.1, -0.05) is 79.2 Å². The van der Waals surface area contributed by atoms with Gasteiger partial charge in [-0.3, -0.25) is 4.79 Å². The zero-order valence-electron chi connectivity index (χ0n) is 19.0. The molecule has 2 aliphatic rings. The Kier molecular flexibility index (Phi) is 6.54. The van der Waals surface area contributed by atoms with E-state index < -0.39 is 0 Å². The van der Waals surface area contributed by atoms with Crippen LogP contribution in [-0.2, 0) is 0 Å². The summed E-state index contributed by atoms with van der Waals surface area (Å²) in [7, 11) is 0. The fourth-order valence-corrected chi connectivity index (χ4v) is 4.87. The van der Waals surface area contributed by atoms with Crippen LogP contribution < -0.4 is 5.32 Å². The summed E-state index contributed by atoms with van der Waals surface area (Å²) in [4.78, 5) is 18.1. The number of carbonyl (C=O) groups is 1. The fraction of sp³-hybridized carbons (Fsp3) is 0.276. The second-order valence-electron chi connectivity index (χ2n) is 8.85. The zero-order chi connectivity index (χ0) is 22.5. The Hall–Kier alpha value is -3.37. The maximum absolute atomic E-state index is 13.6. The van der Waals surface area contributed by atoms with Crippen LogP contribution in [0, 0.1) is 0 Å². The van der Waals surface area contributed by atoms with Crippen LogP contribution in [0.3, 0.4) is 0 Å². The molecule has 0 radical (unpaired) electrons. The van der Waals surface area contributed by atoms with E-state index >= 15 is 0 Å². The van der Waals surface area contributed by atoms with Gasteiger partial charge in [-0.25, -0.2) is 0 Å². The van der Waals surface area contributed by atoms with Gasteiger partial charge in [0.25, 0.3) is 5.91 Å². The van der Waals surface area contributed by atoms with Crippen molar-refractivity contribution >= 4 is 17.2 Å². The minimum absolute atomic E-state index is 0.100. The van der Waals surface area contributed by atoms with Crippen LogP contribution in [0.15, 0.2) is 91.0 Å². The third-order valence-corrected chi connectivity index (χ3v) is 6.66. The van der Waals surface area contributed by atoms with Gasteiger partial charge in [-0.15, -0.1) is 0 Å². The lowest BCUT2D eigenvalue weighted by Crippen LogP contribution is -2.51. The molecule has 0 saturated carbocycles. The van der Waals surface area contributed by atoms with Crippen molar-refractivity contribution in [3.63, 3.8) is 0 Å². The molecule has 1 fully saturated rings. The first-order chi connectivity index (χ1) is 16.3. The highest BCUT2D eigenvalue weighted by atomic mass is 16.2. The number of rotatable bonds is 6. The van der Waals surface area contributed by atoms with Crippen LogP contribution in [0.4, 0.5) is 5.69 Å². The number of hydrogen-bond donors (Lipinski definition) is 1. The van der Waals surface area contributed by atoms with Crippen LogP contribution >= 0.6 is 0 Å². The summed E-state index contributed by atoms with van der Waals surface area (Å²) in [5.41, 5.74) is 5.07. The first-order valence-corrected chi connectivity index (χ1v) is 12.0. The SMILES string of the molecule is O=C1c2ccccc2NC(C=C(c2ccccc2)c2ccccc2)N1CCN1CCCCC1. The number of benzene rings is 3. The fourth-order valence-electron chi connectivity index (χ4n) is 4.87. The van der Waals surface area contributed by atoms with Gasteiger partial charge in [-0.2, -0.15) is 0 Å². The van der Waals surface area contributed by atoms with E-state index in [4.69, 9.17) is 0 Å². The molecule has 0 bridgehead atoms. The van der Waals surface area contributed by atoms with Crippen LogP contribution in [0.25, 0.3) is 5.57 Å². The Morgan fingerprint density at radius 3 is 2.06 bits per heavy atom. The Morgan fingerprint density at radius 2 is 1.39 bits per heavy atom. The highest BCUT2D eigenvalue weighted by molar-refractivity contribution is 6.02. The Labute approximate surface area is 196 Å². The topological polar surface area (TPSA) is 35.6 Å². The quantitative estimate of drug-likeness (QED) is 0.553. The summed E-state index contributed by atoms with van der Waals surface area (Å²) in [6.07, 6.45) is 5.83. The molecular formula is C29H31N3O. The van der Waals surface area contributed by atoms with Gasteiger partial charge < -0.3 is 15.1 Å². The minimum Gasteiger partial charge on any atom is -0.361 e. The molecule has 2 aliphatic heterocycles. The maximum atomic E-state index is 13.6. The average Bonchev–Trinajstić information content (AvgIpc) is 2.88. The van der Waals surface area contributed by atoms with Crippen LogP contribution in [0.1, 0.15) is 40.7 Å². The van der Waals surface area contributed by atoms with E-state index in [9.17, 15) is 4.79 Å². The molecule has 3 aromatic rings. The molecule has 0 spiro atoms. The standard InChI is InChI=1S/C29H31N3O/c33-29-25-16-8-9-17-27(25)30-28(32(29)21-20-31-18-10-3-11-19-31)22-26(23-12-4-1-5-13-23)24-14-6-2-7-15-24/h1-2,4-9,12-17,22,28,30H,3,10-11,18-21H2. The summed E-state index contributed by atoms with van der Waals surface area (Å²) in [5, 5.41) is 3.65. The Balaban J connectivity index is 1.51. The summed E-state index contributed by atoms with van der Waals surface area (Å²) in [6.45, 7) is 3.88. The minimum atomic E-state index is -0.215. The predicted molar refractivity (Wildman–Crippen MR) is 135 cm³/mol. The van der Waals surface area contributed by atoms with Crippen molar-refractivity contribution in [2.45, 2.75) is 25.4 Å². The Bertz CT molecular complexity index is 1060. The molecule has 4 nitrogen and oxygen atoms in total. The number of nitrogens with one attached hydrogen (secondary N) is 1. The lowest BCUT2D eigenvalue weighted by atomic mass is 9.96. The summed E-state index contributed by atoms with van der Waals surface area (Å²) < 4.78 is 0. The lowest BCUT2D eigenvalue weighted by molar-refractivity contribution is 0.0688. The van der Waals surface area contributed by atoms with Crippen molar-refractivity contribution in [2.24, 2.45) is 0 Å². The molecule has 3 aromatic carbocycles. The normalized spacial score (nSPS) is 18.4. The summed E-state index contributed by atoms with van der Waals surface area (Å²) in [5.74, 6) is 0.100. The van der Waals surface area contributed by atoms with E-state index in [-0.39, 0.29) is 12.1 Å². The molecule has 1 saturated heterocycles. The number of anilines is 1. The summed E-state index contributed by atoms with van der Waals surface area (Å²) in [6, 6.07) is 28.7. The number of likely N-dealkylation sites (tertiary alicyclic amines) is 1.